The zero-order chi connectivity index (χ0) is 10.5. The third-order valence-corrected chi connectivity index (χ3v) is 5.36. The Balaban J connectivity index is 4.22. The first-order valence-corrected chi connectivity index (χ1v) is 8.24. The van der Waals surface area contributed by atoms with Crippen molar-refractivity contribution in [2.24, 2.45) is 0 Å². The van der Waals surface area contributed by atoms with Crippen LogP contribution in [-0.4, -0.2) is 19.1 Å². The van der Waals surface area contributed by atoms with Crippen molar-refractivity contribution < 1.29 is 8.85 Å². The van der Waals surface area contributed by atoms with Gasteiger partial charge in [-0.15, -0.1) is 0 Å². The molecule has 0 radical (unpaired) electrons. The van der Waals surface area contributed by atoms with Crippen molar-refractivity contribution in [2.75, 3.05) is 6.61 Å². The van der Waals surface area contributed by atoms with Crippen molar-refractivity contribution in [3.05, 3.63) is 0 Å². The first kappa shape index (κ1) is 13.9. The lowest BCUT2D eigenvalue weighted by atomic mass is 10.6. The van der Waals surface area contributed by atoms with Gasteiger partial charge in [0.1, 0.15) is 0 Å². The fraction of sp³-hybridized carbons (Fsp3) is 1.00. The molecule has 0 spiro atoms. The molecule has 0 fully saturated rings. The third-order valence-electron chi connectivity index (χ3n) is 1.55. The molecule has 2 unspecified atom stereocenters. The molecule has 0 amide bonds. The molecule has 0 saturated carbocycles. The minimum atomic E-state index is -2.06. The van der Waals surface area contributed by atoms with Crippen LogP contribution in [0.2, 0.25) is 12.6 Å². The summed E-state index contributed by atoms with van der Waals surface area (Å²) in [5.74, 6) is 0. The highest BCUT2D eigenvalue weighted by Crippen LogP contribution is 2.31. The Morgan fingerprint density at radius 2 is 2.00 bits per heavy atom. The van der Waals surface area contributed by atoms with Crippen molar-refractivity contribution in [3.63, 3.8) is 0 Å². The molecule has 0 aliphatic carbocycles. The van der Waals surface area contributed by atoms with Crippen molar-refractivity contribution >= 4 is 36.1 Å². The maximum atomic E-state index is 5.94. The van der Waals surface area contributed by atoms with Crippen LogP contribution in [0.25, 0.3) is 0 Å². The summed E-state index contributed by atoms with van der Waals surface area (Å²) >= 11 is 9.19. The van der Waals surface area contributed by atoms with Gasteiger partial charge in [0.15, 0.2) is 3.97 Å². The Morgan fingerprint density at radius 3 is 2.31 bits per heavy atom. The second-order valence-electron chi connectivity index (χ2n) is 3.23. The van der Waals surface area contributed by atoms with Crippen molar-refractivity contribution in [1.82, 2.24) is 0 Å². The Hall–Kier alpha value is 0.907. The first-order chi connectivity index (χ1) is 5.83. The predicted octanol–water partition coefficient (Wildman–Crippen LogP) is 3.83. The van der Waals surface area contributed by atoms with Gasteiger partial charge in [-0.25, -0.2) is 0 Å². The fourth-order valence-electron chi connectivity index (χ4n) is 1.29. The van der Waals surface area contributed by atoms with Gasteiger partial charge in [0.25, 0.3) is 0 Å². The summed E-state index contributed by atoms with van der Waals surface area (Å²) in [5.41, 5.74) is 0. The van der Waals surface area contributed by atoms with E-state index in [1.165, 1.54) is 0 Å². The van der Waals surface area contributed by atoms with E-state index in [1.807, 2.05) is 13.5 Å². The molecule has 5 heteroatoms. The van der Waals surface area contributed by atoms with Crippen molar-refractivity contribution in [2.45, 2.75) is 43.8 Å². The average molecular weight is 290 g/mol. The minimum Gasteiger partial charge on any atom is -0.395 e. The molecule has 0 aromatic heterocycles. The fourth-order valence-corrected chi connectivity index (χ4v) is 5.39. The number of hydrogen-bond acceptors (Lipinski definition) is 2. The van der Waals surface area contributed by atoms with E-state index >= 15 is 0 Å². The average Bonchev–Trinajstić information content (AvgIpc) is 1.82. The monoisotopic (exact) mass is 288 g/mol. The molecule has 0 aromatic rings. The lowest BCUT2D eigenvalue weighted by molar-refractivity contribution is 0.158. The summed E-state index contributed by atoms with van der Waals surface area (Å²) in [5, 5.41) is 0. The van der Waals surface area contributed by atoms with Crippen LogP contribution < -0.4 is 0 Å². The smallest absolute Gasteiger partial charge is 0.336 e. The minimum absolute atomic E-state index is 0.683. The Kier molecular flexibility index (Phi) is 6.10. The highest BCUT2D eigenvalue weighted by molar-refractivity contribution is 9.10. The van der Waals surface area contributed by atoms with Crippen LogP contribution in [0.1, 0.15) is 27.2 Å². The van der Waals surface area contributed by atoms with Gasteiger partial charge in [-0.05, 0) is 42.4 Å². The molecular formula is C8H18BrClO2Si. The quantitative estimate of drug-likeness (QED) is 0.546. The molecule has 0 aliphatic heterocycles. The van der Waals surface area contributed by atoms with E-state index in [2.05, 4.69) is 22.9 Å². The van der Waals surface area contributed by atoms with Crippen molar-refractivity contribution in [1.29, 1.82) is 0 Å². The van der Waals surface area contributed by atoms with E-state index in [9.17, 15) is 0 Å². The van der Waals surface area contributed by atoms with Crippen LogP contribution in [0.3, 0.4) is 0 Å². The van der Waals surface area contributed by atoms with Gasteiger partial charge in [0, 0.05) is 6.61 Å². The standard InChI is InChI=1S/C8H18BrClO2Si/c1-5-7-13(4,11-6-2)12-8(3,9)10/h5-7H2,1-4H3. The van der Waals surface area contributed by atoms with Gasteiger partial charge in [-0.2, -0.15) is 0 Å². The maximum Gasteiger partial charge on any atom is 0.336 e. The van der Waals surface area contributed by atoms with Crippen LogP contribution in [0.4, 0.5) is 0 Å². The lowest BCUT2D eigenvalue weighted by Crippen LogP contribution is -2.42. The number of rotatable bonds is 6. The largest absolute Gasteiger partial charge is 0.395 e. The van der Waals surface area contributed by atoms with E-state index < -0.39 is 12.5 Å². The molecular weight excluding hydrogens is 272 g/mol. The highest BCUT2D eigenvalue weighted by Gasteiger charge is 2.36. The molecule has 0 N–H and O–H groups in total. The molecule has 0 aliphatic rings. The molecule has 2 nitrogen and oxygen atoms in total. The SMILES string of the molecule is CCC[Si](C)(OCC)OC(C)(Cl)Br. The summed E-state index contributed by atoms with van der Waals surface area (Å²) in [4.78, 5) is 0. The van der Waals surface area contributed by atoms with Crippen LogP contribution in [0, 0.1) is 0 Å². The van der Waals surface area contributed by atoms with Crippen molar-refractivity contribution in [3.8, 4) is 0 Å². The zero-order valence-corrected chi connectivity index (χ0v) is 12.0. The molecule has 0 rings (SSSR count). The van der Waals surface area contributed by atoms with Gasteiger partial charge in [0.05, 0.1) is 0 Å². The maximum absolute atomic E-state index is 5.94. The Morgan fingerprint density at radius 1 is 1.46 bits per heavy atom. The van der Waals surface area contributed by atoms with Gasteiger partial charge < -0.3 is 8.85 Å². The van der Waals surface area contributed by atoms with E-state index in [0.29, 0.717) is 6.61 Å². The highest BCUT2D eigenvalue weighted by atomic mass is 79.9. The van der Waals surface area contributed by atoms with E-state index in [4.69, 9.17) is 20.5 Å². The molecule has 13 heavy (non-hydrogen) atoms. The summed E-state index contributed by atoms with van der Waals surface area (Å²) in [6.07, 6.45) is 1.06. The van der Waals surface area contributed by atoms with Gasteiger partial charge in [-0.1, -0.05) is 24.9 Å². The summed E-state index contributed by atoms with van der Waals surface area (Å²) in [6.45, 7) is 8.59. The molecule has 0 bridgehead atoms. The molecule has 2 atom stereocenters. The van der Waals surface area contributed by atoms with E-state index in [0.717, 1.165) is 12.5 Å². The molecule has 0 aromatic carbocycles. The summed E-state index contributed by atoms with van der Waals surface area (Å²) in [7, 11) is -2.06. The van der Waals surface area contributed by atoms with E-state index in [-0.39, 0.29) is 0 Å². The Bertz CT molecular complexity index is 144. The normalized spacial score (nSPS) is 20.8. The van der Waals surface area contributed by atoms with Crippen LogP contribution in [0.15, 0.2) is 0 Å². The number of alkyl halides is 2. The zero-order valence-electron chi connectivity index (χ0n) is 8.69. The molecule has 0 heterocycles. The van der Waals surface area contributed by atoms with Crippen LogP contribution >= 0.6 is 27.5 Å². The summed E-state index contributed by atoms with van der Waals surface area (Å²) in [6, 6.07) is 0.967. The number of halogens is 2. The van der Waals surface area contributed by atoms with Gasteiger partial charge in [0.2, 0.25) is 0 Å². The lowest BCUT2D eigenvalue weighted by Gasteiger charge is -2.31. The number of hydrogen-bond donors (Lipinski definition) is 0. The van der Waals surface area contributed by atoms with Crippen LogP contribution in [-0.2, 0) is 8.85 Å². The second kappa shape index (κ2) is 5.71. The molecule has 80 valence electrons. The van der Waals surface area contributed by atoms with Crippen LogP contribution in [0.5, 0.6) is 0 Å². The topological polar surface area (TPSA) is 18.5 Å². The van der Waals surface area contributed by atoms with E-state index in [1.54, 1.807) is 6.92 Å². The first-order valence-electron chi connectivity index (χ1n) is 4.55. The third kappa shape index (κ3) is 6.91. The predicted molar refractivity (Wildman–Crippen MR) is 62.6 cm³/mol. The summed E-state index contributed by atoms with van der Waals surface area (Å²) < 4.78 is 10.6. The van der Waals surface area contributed by atoms with Gasteiger partial charge in [-0.3, -0.25) is 0 Å². The second-order valence-corrected chi connectivity index (χ2v) is 9.18. The van der Waals surface area contributed by atoms with Gasteiger partial charge >= 0.3 is 8.56 Å². The Labute approximate surface area is 95.3 Å². The molecule has 0 saturated heterocycles.